The molecular weight excluding hydrogens is 394 g/mol. The molecule has 0 saturated carbocycles. The summed E-state index contributed by atoms with van der Waals surface area (Å²) in [5.41, 5.74) is 3.89. The van der Waals surface area contributed by atoms with E-state index in [4.69, 9.17) is 11.6 Å². The first-order valence-electron chi connectivity index (χ1n) is 9.16. The summed E-state index contributed by atoms with van der Waals surface area (Å²) >= 11 is 6.05. The van der Waals surface area contributed by atoms with Gasteiger partial charge in [0.15, 0.2) is 0 Å². The van der Waals surface area contributed by atoms with Crippen molar-refractivity contribution in [3.05, 3.63) is 88.3 Å². The summed E-state index contributed by atoms with van der Waals surface area (Å²) < 4.78 is 26.6. The number of pyridine rings is 2. The molecule has 0 aliphatic rings. The highest BCUT2D eigenvalue weighted by Crippen LogP contribution is 2.27. The van der Waals surface area contributed by atoms with Gasteiger partial charge in [0.1, 0.15) is 11.5 Å². The summed E-state index contributed by atoms with van der Waals surface area (Å²) in [6.07, 6.45) is 6.08. The van der Waals surface area contributed by atoms with E-state index < -0.39 is 5.92 Å². The summed E-state index contributed by atoms with van der Waals surface area (Å²) in [5, 5.41) is 4.81. The second kappa shape index (κ2) is 7.79. The number of benzene rings is 1. The van der Waals surface area contributed by atoms with E-state index in [9.17, 15) is 8.78 Å². The van der Waals surface area contributed by atoms with E-state index >= 15 is 0 Å². The Hall–Kier alpha value is -2.99. The maximum Gasteiger partial charge on any atom is 0.270 e. The third-order valence-corrected chi connectivity index (χ3v) is 4.94. The number of hydrogen-bond acceptors (Lipinski definition) is 3. The van der Waals surface area contributed by atoms with E-state index in [-0.39, 0.29) is 5.56 Å². The molecule has 1 aromatic carbocycles. The summed E-state index contributed by atoms with van der Waals surface area (Å²) in [6, 6.07) is 12.1. The quantitative estimate of drug-likeness (QED) is 0.413. The van der Waals surface area contributed by atoms with Gasteiger partial charge < -0.3 is 10.3 Å². The number of anilines is 1. The molecule has 0 amide bonds. The van der Waals surface area contributed by atoms with Crippen molar-refractivity contribution in [2.75, 3.05) is 5.32 Å². The van der Waals surface area contributed by atoms with E-state index in [0.29, 0.717) is 18.0 Å². The summed E-state index contributed by atoms with van der Waals surface area (Å²) in [4.78, 5) is 11.9. The first kappa shape index (κ1) is 19.3. The van der Waals surface area contributed by atoms with Crippen molar-refractivity contribution < 1.29 is 8.78 Å². The molecule has 0 aliphatic heterocycles. The molecule has 0 spiro atoms. The van der Waals surface area contributed by atoms with Gasteiger partial charge in [-0.1, -0.05) is 41.9 Å². The summed E-state index contributed by atoms with van der Waals surface area (Å²) in [6.45, 7) is 1.40. The fourth-order valence-electron chi connectivity index (χ4n) is 3.14. The molecule has 4 nitrogen and oxygen atoms in total. The van der Waals surface area contributed by atoms with Crippen LogP contribution in [0, 0.1) is 0 Å². The monoisotopic (exact) mass is 412 g/mol. The molecule has 4 aromatic rings. The zero-order valence-electron chi connectivity index (χ0n) is 15.7. The third-order valence-electron chi connectivity index (χ3n) is 4.74. The fourth-order valence-corrected chi connectivity index (χ4v) is 3.30. The Morgan fingerprint density at radius 2 is 1.79 bits per heavy atom. The van der Waals surface area contributed by atoms with Gasteiger partial charge in [-0.3, -0.25) is 0 Å². The Balaban J connectivity index is 1.39. The van der Waals surface area contributed by atoms with E-state index in [1.807, 2.05) is 30.6 Å². The van der Waals surface area contributed by atoms with Gasteiger partial charge in [0.25, 0.3) is 5.92 Å². The van der Waals surface area contributed by atoms with Crippen LogP contribution >= 0.6 is 11.6 Å². The van der Waals surface area contributed by atoms with E-state index in [0.717, 1.165) is 40.5 Å². The smallest absolute Gasteiger partial charge is 0.270 e. The van der Waals surface area contributed by atoms with Crippen molar-refractivity contribution in [2.24, 2.45) is 0 Å². The average Bonchev–Trinajstić information content (AvgIpc) is 3.09. The Kier molecular flexibility index (Phi) is 5.20. The van der Waals surface area contributed by atoms with Crippen LogP contribution in [0.2, 0.25) is 5.02 Å². The van der Waals surface area contributed by atoms with Crippen LogP contribution in [0.15, 0.2) is 61.1 Å². The lowest BCUT2D eigenvalue weighted by molar-refractivity contribution is 0.0174. The van der Waals surface area contributed by atoms with Crippen molar-refractivity contribution >= 4 is 28.5 Å². The molecule has 0 saturated heterocycles. The van der Waals surface area contributed by atoms with Crippen LogP contribution in [-0.4, -0.2) is 15.0 Å². The fraction of sp³-hybridized carbons (Fsp3) is 0.182. The highest BCUT2D eigenvalue weighted by molar-refractivity contribution is 6.31. The second-order valence-electron chi connectivity index (χ2n) is 7.03. The van der Waals surface area contributed by atoms with Crippen molar-refractivity contribution in [3.63, 3.8) is 0 Å². The lowest BCUT2D eigenvalue weighted by Crippen LogP contribution is -2.07. The van der Waals surface area contributed by atoms with Crippen LogP contribution in [0.1, 0.15) is 29.2 Å². The molecular formula is C22H19ClF2N4. The van der Waals surface area contributed by atoms with Crippen LogP contribution in [0.4, 0.5) is 14.6 Å². The van der Waals surface area contributed by atoms with Gasteiger partial charge in [0, 0.05) is 49.4 Å². The first-order valence-corrected chi connectivity index (χ1v) is 9.54. The number of aromatic amines is 1. The second-order valence-corrected chi connectivity index (χ2v) is 7.47. The molecule has 0 atom stereocenters. The minimum Gasteiger partial charge on any atom is -0.366 e. The molecule has 0 radical (unpaired) electrons. The first-order chi connectivity index (χ1) is 13.9. The van der Waals surface area contributed by atoms with Gasteiger partial charge >= 0.3 is 0 Å². The SMILES string of the molecule is CC(F)(F)c1ccc(CNc2ccc(Cc3c[nH]c4ncc(Cl)cc34)cn2)cc1. The number of H-pyrrole nitrogens is 1. The lowest BCUT2D eigenvalue weighted by atomic mass is 10.1. The molecule has 4 rings (SSSR count). The maximum absolute atomic E-state index is 13.3. The van der Waals surface area contributed by atoms with Gasteiger partial charge in [0.05, 0.1) is 5.02 Å². The Morgan fingerprint density at radius 3 is 2.48 bits per heavy atom. The Bertz CT molecular complexity index is 1120. The number of nitrogens with zero attached hydrogens (tertiary/aromatic N) is 2. The minimum atomic E-state index is -2.82. The zero-order valence-corrected chi connectivity index (χ0v) is 16.5. The zero-order chi connectivity index (χ0) is 20.4. The Morgan fingerprint density at radius 1 is 1.03 bits per heavy atom. The van der Waals surface area contributed by atoms with Crippen LogP contribution in [0.3, 0.4) is 0 Å². The highest BCUT2D eigenvalue weighted by atomic mass is 35.5. The molecule has 3 aromatic heterocycles. The number of nitrogens with one attached hydrogen (secondary N) is 2. The van der Waals surface area contributed by atoms with Crippen molar-refractivity contribution in [2.45, 2.75) is 25.8 Å². The summed E-state index contributed by atoms with van der Waals surface area (Å²) in [7, 11) is 0. The van der Waals surface area contributed by atoms with Crippen LogP contribution < -0.4 is 5.32 Å². The number of fused-ring (bicyclic) bond motifs is 1. The Labute approximate surface area is 172 Å². The number of aromatic nitrogens is 3. The lowest BCUT2D eigenvalue weighted by Gasteiger charge is -2.11. The molecule has 0 unspecified atom stereocenters. The topological polar surface area (TPSA) is 53.6 Å². The van der Waals surface area contributed by atoms with Gasteiger partial charge in [-0.05, 0) is 28.8 Å². The predicted octanol–water partition coefficient (Wildman–Crippen LogP) is 5.93. The molecule has 148 valence electrons. The van der Waals surface area contributed by atoms with Crippen molar-refractivity contribution in [1.82, 2.24) is 15.0 Å². The van der Waals surface area contributed by atoms with Crippen molar-refractivity contribution in [1.29, 1.82) is 0 Å². The van der Waals surface area contributed by atoms with Gasteiger partial charge in [-0.15, -0.1) is 0 Å². The predicted molar refractivity (Wildman–Crippen MR) is 111 cm³/mol. The molecule has 3 heterocycles. The summed E-state index contributed by atoms with van der Waals surface area (Å²) in [5.74, 6) is -2.10. The van der Waals surface area contributed by atoms with E-state index in [2.05, 4.69) is 20.3 Å². The van der Waals surface area contributed by atoms with Crippen LogP contribution in [0.25, 0.3) is 11.0 Å². The molecule has 0 fully saturated rings. The van der Waals surface area contributed by atoms with Crippen LogP contribution in [0.5, 0.6) is 0 Å². The number of hydrogen-bond donors (Lipinski definition) is 2. The maximum atomic E-state index is 13.3. The third kappa shape index (κ3) is 4.54. The number of halogens is 3. The number of alkyl halides is 2. The van der Waals surface area contributed by atoms with Gasteiger partial charge in [-0.2, -0.15) is 0 Å². The van der Waals surface area contributed by atoms with Crippen molar-refractivity contribution in [3.8, 4) is 0 Å². The molecule has 0 bridgehead atoms. The van der Waals surface area contributed by atoms with Gasteiger partial charge in [-0.25, -0.2) is 18.7 Å². The van der Waals surface area contributed by atoms with E-state index in [1.54, 1.807) is 18.3 Å². The molecule has 29 heavy (non-hydrogen) atoms. The molecule has 0 aliphatic carbocycles. The van der Waals surface area contributed by atoms with Gasteiger partial charge in [0.2, 0.25) is 0 Å². The number of rotatable bonds is 6. The highest BCUT2D eigenvalue weighted by Gasteiger charge is 2.23. The molecule has 7 heteroatoms. The standard InChI is InChI=1S/C22H19ClF2N4/c1-22(24,25)17-5-2-14(3-6-17)10-26-20-7-4-15(11-27-20)8-16-12-28-21-19(16)9-18(23)13-29-21/h2-7,9,11-13H,8,10H2,1H3,(H,26,27)(H,28,29). The minimum absolute atomic E-state index is 0.0116. The van der Waals surface area contributed by atoms with E-state index in [1.165, 1.54) is 12.1 Å². The largest absolute Gasteiger partial charge is 0.366 e. The normalized spacial score (nSPS) is 11.7. The average molecular weight is 413 g/mol. The van der Waals surface area contributed by atoms with Crippen LogP contribution in [-0.2, 0) is 18.9 Å². The molecule has 2 N–H and O–H groups in total.